The van der Waals surface area contributed by atoms with Crippen molar-refractivity contribution in [1.82, 2.24) is 5.32 Å². The lowest BCUT2D eigenvalue weighted by molar-refractivity contribution is -0.136. The molecule has 132 valence electrons. The van der Waals surface area contributed by atoms with E-state index in [1.807, 2.05) is 19.1 Å². The summed E-state index contributed by atoms with van der Waals surface area (Å²) in [7, 11) is 0. The first-order valence-electron chi connectivity index (χ1n) is 9.47. The third kappa shape index (κ3) is 4.29. The van der Waals surface area contributed by atoms with Crippen molar-refractivity contribution >= 4 is 11.6 Å². The van der Waals surface area contributed by atoms with Crippen LogP contribution in [0.5, 0.6) is 0 Å². The fourth-order valence-corrected chi connectivity index (χ4v) is 4.00. The predicted molar refractivity (Wildman–Crippen MR) is 96.7 cm³/mol. The van der Waals surface area contributed by atoms with E-state index in [2.05, 4.69) is 11.4 Å². The van der Waals surface area contributed by atoms with Crippen LogP contribution in [0.15, 0.2) is 18.2 Å². The number of nitrogen functional groups attached to an aromatic ring is 1. The third-order valence-electron chi connectivity index (χ3n) is 5.37. The van der Waals surface area contributed by atoms with E-state index in [1.54, 1.807) is 0 Å². The number of ether oxygens (including phenoxy) is 1. The molecule has 0 radical (unpaired) electrons. The standard InChI is InChI=1S/C20H30N2O2/c1-14(24-17-8-4-2-3-5-9-17)20(23)22-19-10-6-7-15-13-16(21)11-12-18(15)19/h11-14,17,19H,2-10,21H2,1H3,(H,22,23). The summed E-state index contributed by atoms with van der Waals surface area (Å²) in [6, 6.07) is 6.11. The Morgan fingerprint density at radius 1 is 1.17 bits per heavy atom. The number of carbonyl (C=O) groups is 1. The van der Waals surface area contributed by atoms with Crippen LogP contribution in [0.4, 0.5) is 5.69 Å². The van der Waals surface area contributed by atoms with Crippen LogP contribution >= 0.6 is 0 Å². The average molecular weight is 330 g/mol. The van der Waals surface area contributed by atoms with Crippen LogP contribution in [0.3, 0.4) is 0 Å². The van der Waals surface area contributed by atoms with Gasteiger partial charge in [0.25, 0.3) is 0 Å². The number of anilines is 1. The minimum Gasteiger partial charge on any atom is -0.399 e. The lowest BCUT2D eigenvalue weighted by Gasteiger charge is -2.28. The zero-order valence-electron chi connectivity index (χ0n) is 14.7. The molecule has 3 rings (SSSR count). The number of fused-ring (bicyclic) bond motifs is 1. The van der Waals surface area contributed by atoms with Gasteiger partial charge in [-0.2, -0.15) is 0 Å². The van der Waals surface area contributed by atoms with E-state index >= 15 is 0 Å². The van der Waals surface area contributed by atoms with Crippen molar-refractivity contribution in [1.29, 1.82) is 0 Å². The molecule has 0 heterocycles. The topological polar surface area (TPSA) is 64.3 Å². The largest absolute Gasteiger partial charge is 0.399 e. The molecule has 0 aliphatic heterocycles. The molecular formula is C20H30N2O2. The van der Waals surface area contributed by atoms with Crippen LogP contribution < -0.4 is 11.1 Å². The maximum absolute atomic E-state index is 12.6. The Morgan fingerprint density at radius 3 is 2.67 bits per heavy atom. The molecule has 2 unspecified atom stereocenters. The lowest BCUT2D eigenvalue weighted by atomic mass is 9.87. The van der Waals surface area contributed by atoms with E-state index in [1.165, 1.54) is 36.8 Å². The van der Waals surface area contributed by atoms with Gasteiger partial charge >= 0.3 is 0 Å². The number of amides is 1. The highest BCUT2D eigenvalue weighted by molar-refractivity contribution is 5.81. The minimum absolute atomic E-state index is 0.00826. The summed E-state index contributed by atoms with van der Waals surface area (Å²) in [4.78, 5) is 12.6. The Kier molecular flexibility index (Phi) is 5.77. The van der Waals surface area contributed by atoms with Crippen molar-refractivity contribution in [3.8, 4) is 0 Å². The van der Waals surface area contributed by atoms with Gasteiger partial charge in [-0.1, -0.05) is 31.7 Å². The maximum atomic E-state index is 12.6. The zero-order chi connectivity index (χ0) is 16.9. The molecule has 1 saturated carbocycles. The van der Waals surface area contributed by atoms with Gasteiger partial charge in [-0.15, -0.1) is 0 Å². The molecule has 3 N–H and O–H groups in total. The quantitative estimate of drug-likeness (QED) is 0.650. The molecule has 1 aromatic rings. The highest BCUT2D eigenvalue weighted by Gasteiger charge is 2.26. The summed E-state index contributed by atoms with van der Waals surface area (Å²) in [6.45, 7) is 1.88. The van der Waals surface area contributed by atoms with Gasteiger partial charge in [0.15, 0.2) is 0 Å². The Balaban J connectivity index is 1.58. The second kappa shape index (κ2) is 8.02. The number of nitrogens with two attached hydrogens (primary N) is 1. The second-order valence-corrected chi connectivity index (χ2v) is 7.30. The van der Waals surface area contributed by atoms with E-state index in [0.717, 1.165) is 37.8 Å². The van der Waals surface area contributed by atoms with Crippen molar-refractivity contribution in [3.63, 3.8) is 0 Å². The molecular weight excluding hydrogens is 300 g/mol. The molecule has 2 aliphatic rings. The van der Waals surface area contributed by atoms with Gasteiger partial charge in [0.2, 0.25) is 5.91 Å². The normalized spacial score (nSPS) is 23.1. The van der Waals surface area contributed by atoms with Crippen LogP contribution in [0.1, 0.15) is 75.5 Å². The number of benzene rings is 1. The number of aryl methyl sites for hydroxylation is 1. The molecule has 0 spiro atoms. The summed E-state index contributed by atoms with van der Waals surface area (Å²) in [6.07, 6.45) is 10.2. The number of hydrogen-bond donors (Lipinski definition) is 2. The van der Waals surface area contributed by atoms with Gasteiger partial charge in [-0.25, -0.2) is 0 Å². The molecule has 2 aliphatic carbocycles. The van der Waals surface area contributed by atoms with Crippen molar-refractivity contribution in [2.45, 2.75) is 83.0 Å². The monoisotopic (exact) mass is 330 g/mol. The van der Waals surface area contributed by atoms with Crippen LogP contribution in [0, 0.1) is 0 Å². The maximum Gasteiger partial charge on any atom is 0.249 e. The molecule has 2 atom stereocenters. The first-order chi connectivity index (χ1) is 11.6. The molecule has 1 fully saturated rings. The van der Waals surface area contributed by atoms with E-state index in [9.17, 15) is 4.79 Å². The van der Waals surface area contributed by atoms with Crippen molar-refractivity contribution in [3.05, 3.63) is 29.3 Å². The van der Waals surface area contributed by atoms with Gasteiger partial charge in [0.05, 0.1) is 12.1 Å². The van der Waals surface area contributed by atoms with E-state index < -0.39 is 0 Å². The van der Waals surface area contributed by atoms with Gasteiger partial charge < -0.3 is 15.8 Å². The first-order valence-corrected chi connectivity index (χ1v) is 9.47. The van der Waals surface area contributed by atoms with Gasteiger partial charge in [0.1, 0.15) is 6.10 Å². The Hall–Kier alpha value is -1.55. The lowest BCUT2D eigenvalue weighted by Crippen LogP contribution is -2.39. The smallest absolute Gasteiger partial charge is 0.249 e. The van der Waals surface area contributed by atoms with Crippen LogP contribution in [0.25, 0.3) is 0 Å². The van der Waals surface area contributed by atoms with Gasteiger partial charge in [0, 0.05) is 5.69 Å². The average Bonchev–Trinajstić information content (AvgIpc) is 2.83. The predicted octanol–water partition coefficient (Wildman–Crippen LogP) is 3.89. The minimum atomic E-state index is -0.382. The van der Waals surface area contributed by atoms with Crippen LogP contribution in [0.2, 0.25) is 0 Å². The SMILES string of the molecule is CC(OC1CCCCCC1)C(=O)NC1CCCc2cc(N)ccc21. The zero-order valence-corrected chi connectivity index (χ0v) is 14.7. The number of nitrogens with one attached hydrogen (secondary N) is 1. The molecule has 1 aromatic carbocycles. The molecule has 0 saturated heterocycles. The number of hydrogen-bond acceptors (Lipinski definition) is 3. The third-order valence-corrected chi connectivity index (χ3v) is 5.37. The molecule has 24 heavy (non-hydrogen) atoms. The highest BCUT2D eigenvalue weighted by atomic mass is 16.5. The van der Waals surface area contributed by atoms with E-state index in [0.29, 0.717) is 0 Å². The molecule has 0 bridgehead atoms. The number of rotatable bonds is 4. The van der Waals surface area contributed by atoms with Gasteiger partial charge in [-0.3, -0.25) is 4.79 Å². The summed E-state index contributed by atoms with van der Waals surface area (Å²) < 4.78 is 6.05. The first kappa shape index (κ1) is 17.3. The fraction of sp³-hybridized carbons (Fsp3) is 0.650. The van der Waals surface area contributed by atoms with Crippen molar-refractivity contribution < 1.29 is 9.53 Å². The summed E-state index contributed by atoms with van der Waals surface area (Å²) in [5, 5.41) is 3.19. The highest BCUT2D eigenvalue weighted by Crippen LogP contribution is 2.31. The summed E-state index contributed by atoms with van der Waals surface area (Å²) >= 11 is 0. The Labute approximate surface area is 145 Å². The molecule has 4 nitrogen and oxygen atoms in total. The molecule has 4 heteroatoms. The van der Waals surface area contributed by atoms with E-state index in [4.69, 9.17) is 10.5 Å². The van der Waals surface area contributed by atoms with Gasteiger partial charge in [-0.05, 0) is 62.3 Å². The second-order valence-electron chi connectivity index (χ2n) is 7.30. The Bertz CT molecular complexity index is 565. The van der Waals surface area contributed by atoms with Crippen molar-refractivity contribution in [2.24, 2.45) is 0 Å². The summed E-state index contributed by atoms with van der Waals surface area (Å²) in [5.41, 5.74) is 9.16. The van der Waals surface area contributed by atoms with Crippen LogP contribution in [-0.4, -0.2) is 18.1 Å². The van der Waals surface area contributed by atoms with E-state index in [-0.39, 0.29) is 24.2 Å². The Morgan fingerprint density at radius 2 is 1.92 bits per heavy atom. The molecule has 1 amide bonds. The van der Waals surface area contributed by atoms with Crippen LogP contribution in [-0.2, 0) is 16.0 Å². The van der Waals surface area contributed by atoms with Crippen molar-refractivity contribution in [2.75, 3.05) is 5.73 Å². The molecule has 0 aromatic heterocycles. The summed E-state index contributed by atoms with van der Waals surface area (Å²) in [5.74, 6) is 0.00826. The fourth-order valence-electron chi connectivity index (χ4n) is 4.00. The number of carbonyl (C=O) groups excluding carboxylic acids is 1.